The maximum atomic E-state index is 13.7. The van der Waals surface area contributed by atoms with E-state index in [-0.39, 0.29) is 18.1 Å². The van der Waals surface area contributed by atoms with Gasteiger partial charge in [-0.1, -0.05) is 12.2 Å². The van der Waals surface area contributed by atoms with Gasteiger partial charge < -0.3 is 19.9 Å². The van der Waals surface area contributed by atoms with E-state index in [1.165, 1.54) is 6.07 Å². The molecule has 2 aliphatic heterocycles. The Morgan fingerprint density at radius 3 is 2.76 bits per heavy atom. The van der Waals surface area contributed by atoms with Crippen molar-refractivity contribution >= 4 is 17.7 Å². The molecule has 2 heterocycles. The van der Waals surface area contributed by atoms with Gasteiger partial charge in [0.1, 0.15) is 17.4 Å². The molecule has 0 spiro atoms. The number of hydrogen-bond donors (Lipinski definition) is 1. The van der Waals surface area contributed by atoms with Crippen LogP contribution in [0.1, 0.15) is 24.0 Å². The molecule has 2 aromatic carbocycles. The average molecular weight is 453 g/mol. The van der Waals surface area contributed by atoms with Crippen LogP contribution in [0.5, 0.6) is 5.75 Å². The minimum absolute atomic E-state index is 0.0118. The second-order valence-electron chi connectivity index (χ2n) is 8.22. The number of hydrogen-bond acceptors (Lipinski definition) is 5. The summed E-state index contributed by atoms with van der Waals surface area (Å²) in [5, 5.41) is 12.6. The fourth-order valence-corrected chi connectivity index (χ4v) is 4.18. The summed E-state index contributed by atoms with van der Waals surface area (Å²) in [4.78, 5) is 16.4. The SMILES string of the molecule is N#Cc1ccc2c(c1)N(CCN1CCC(NCC=Cc3cc(F)ccc3F)CC1)C(=O)CO2. The first-order valence-electron chi connectivity index (χ1n) is 11.1. The van der Waals surface area contributed by atoms with Crippen molar-refractivity contribution in [1.82, 2.24) is 10.2 Å². The van der Waals surface area contributed by atoms with E-state index in [0.717, 1.165) is 44.6 Å². The largest absolute Gasteiger partial charge is 0.482 e. The maximum Gasteiger partial charge on any atom is 0.265 e. The molecule has 1 N–H and O–H groups in total. The number of piperidine rings is 1. The number of carbonyl (C=O) groups is 1. The first kappa shape index (κ1) is 22.9. The van der Waals surface area contributed by atoms with Crippen LogP contribution < -0.4 is 15.0 Å². The summed E-state index contributed by atoms with van der Waals surface area (Å²) in [6, 6.07) is 11.0. The zero-order chi connectivity index (χ0) is 23.2. The molecule has 0 bridgehead atoms. The Hall–Kier alpha value is -3.28. The number of carbonyl (C=O) groups excluding carboxylic acids is 1. The number of fused-ring (bicyclic) bond motifs is 1. The summed E-state index contributed by atoms with van der Waals surface area (Å²) in [6.07, 6.45) is 5.33. The Labute approximate surface area is 192 Å². The number of halogens is 2. The van der Waals surface area contributed by atoms with Crippen molar-refractivity contribution in [2.75, 3.05) is 44.2 Å². The second-order valence-corrected chi connectivity index (χ2v) is 8.22. The number of likely N-dealkylation sites (tertiary alicyclic amines) is 1. The highest BCUT2D eigenvalue weighted by molar-refractivity contribution is 5.98. The third-order valence-electron chi connectivity index (χ3n) is 6.04. The molecule has 1 amide bonds. The van der Waals surface area contributed by atoms with E-state index >= 15 is 0 Å². The quantitative estimate of drug-likeness (QED) is 0.698. The van der Waals surface area contributed by atoms with Crippen LogP contribution in [0.25, 0.3) is 6.08 Å². The first-order valence-corrected chi connectivity index (χ1v) is 11.1. The minimum Gasteiger partial charge on any atom is -0.482 e. The lowest BCUT2D eigenvalue weighted by Gasteiger charge is -2.35. The van der Waals surface area contributed by atoms with E-state index in [1.807, 2.05) is 0 Å². The molecule has 1 fully saturated rings. The van der Waals surface area contributed by atoms with Crippen molar-refractivity contribution in [3.05, 3.63) is 65.2 Å². The molecule has 8 heteroatoms. The molecule has 0 atom stereocenters. The zero-order valence-electron chi connectivity index (χ0n) is 18.3. The van der Waals surface area contributed by atoms with Crippen molar-refractivity contribution < 1.29 is 18.3 Å². The molecule has 2 aromatic rings. The number of benzene rings is 2. The lowest BCUT2D eigenvalue weighted by Crippen LogP contribution is -2.47. The molecule has 0 unspecified atom stereocenters. The lowest BCUT2D eigenvalue weighted by atomic mass is 10.0. The highest BCUT2D eigenvalue weighted by Gasteiger charge is 2.27. The number of ether oxygens (including phenoxy) is 1. The predicted molar refractivity (Wildman–Crippen MR) is 122 cm³/mol. The summed E-state index contributed by atoms with van der Waals surface area (Å²) in [5.74, 6) is -0.367. The third kappa shape index (κ3) is 5.75. The Morgan fingerprint density at radius 1 is 1.15 bits per heavy atom. The number of nitrogens with zero attached hydrogens (tertiary/aromatic N) is 3. The molecule has 0 radical (unpaired) electrons. The van der Waals surface area contributed by atoms with Crippen LogP contribution in [0.2, 0.25) is 0 Å². The Balaban J connectivity index is 1.23. The van der Waals surface area contributed by atoms with Gasteiger partial charge in [-0.3, -0.25) is 4.79 Å². The van der Waals surface area contributed by atoms with Gasteiger partial charge in [0.25, 0.3) is 5.91 Å². The third-order valence-corrected chi connectivity index (χ3v) is 6.04. The molecule has 33 heavy (non-hydrogen) atoms. The van der Waals surface area contributed by atoms with Crippen LogP contribution in [0.15, 0.2) is 42.5 Å². The number of nitriles is 1. The van der Waals surface area contributed by atoms with Crippen molar-refractivity contribution in [2.45, 2.75) is 18.9 Å². The van der Waals surface area contributed by atoms with Gasteiger partial charge in [0.05, 0.1) is 17.3 Å². The van der Waals surface area contributed by atoms with E-state index in [2.05, 4.69) is 16.3 Å². The molecule has 0 aliphatic carbocycles. The van der Waals surface area contributed by atoms with E-state index in [0.29, 0.717) is 36.1 Å². The summed E-state index contributed by atoms with van der Waals surface area (Å²) < 4.78 is 32.4. The van der Waals surface area contributed by atoms with E-state index in [9.17, 15) is 13.6 Å². The van der Waals surface area contributed by atoms with Crippen molar-refractivity contribution in [3.63, 3.8) is 0 Å². The van der Waals surface area contributed by atoms with Gasteiger partial charge in [-0.2, -0.15) is 5.26 Å². The number of rotatable bonds is 7. The van der Waals surface area contributed by atoms with E-state index in [4.69, 9.17) is 10.00 Å². The topological polar surface area (TPSA) is 68.6 Å². The maximum absolute atomic E-state index is 13.7. The molecule has 2 aliphatic rings. The smallest absolute Gasteiger partial charge is 0.265 e. The standard InChI is InChI=1S/C25H26F2N4O2/c26-20-4-5-22(27)19(15-20)2-1-9-29-21-7-10-30(11-8-21)12-13-31-23-14-18(16-28)3-6-24(23)33-17-25(31)32/h1-6,14-15,21,29H,7-13,17H2. The molecule has 4 rings (SSSR count). The van der Waals surface area contributed by atoms with Crippen molar-refractivity contribution in [2.24, 2.45) is 0 Å². The first-order chi connectivity index (χ1) is 16.0. The van der Waals surface area contributed by atoms with Crippen LogP contribution in [0.4, 0.5) is 14.5 Å². The van der Waals surface area contributed by atoms with Gasteiger partial charge in [-0.15, -0.1) is 0 Å². The summed E-state index contributed by atoms with van der Waals surface area (Å²) in [5.41, 5.74) is 1.40. The van der Waals surface area contributed by atoms with E-state index < -0.39 is 11.6 Å². The highest BCUT2D eigenvalue weighted by atomic mass is 19.1. The molecular weight excluding hydrogens is 426 g/mol. The van der Waals surface area contributed by atoms with Crippen LogP contribution in [0, 0.1) is 23.0 Å². The Morgan fingerprint density at radius 2 is 1.97 bits per heavy atom. The molecular formula is C25H26F2N4O2. The van der Waals surface area contributed by atoms with Crippen molar-refractivity contribution in [3.8, 4) is 11.8 Å². The number of nitrogens with one attached hydrogen (secondary N) is 1. The van der Waals surface area contributed by atoms with E-state index in [1.54, 1.807) is 35.3 Å². The van der Waals surface area contributed by atoms with Gasteiger partial charge in [-0.25, -0.2) is 8.78 Å². The van der Waals surface area contributed by atoms with Gasteiger partial charge in [-0.05, 0) is 62.3 Å². The molecule has 6 nitrogen and oxygen atoms in total. The Bertz CT molecular complexity index is 1070. The Kier molecular flexibility index (Phi) is 7.33. The minimum atomic E-state index is -0.454. The van der Waals surface area contributed by atoms with Gasteiger partial charge in [0.15, 0.2) is 6.61 Å². The van der Waals surface area contributed by atoms with Crippen LogP contribution >= 0.6 is 0 Å². The molecule has 0 aromatic heterocycles. The molecule has 0 saturated carbocycles. The van der Waals surface area contributed by atoms with Gasteiger partial charge >= 0.3 is 0 Å². The van der Waals surface area contributed by atoms with Crippen LogP contribution in [-0.2, 0) is 4.79 Å². The second kappa shape index (κ2) is 10.6. The molecule has 1 saturated heterocycles. The summed E-state index contributed by atoms with van der Waals surface area (Å²) >= 11 is 0. The fourth-order valence-electron chi connectivity index (χ4n) is 4.18. The molecule has 172 valence electrons. The van der Waals surface area contributed by atoms with Crippen LogP contribution in [0.3, 0.4) is 0 Å². The average Bonchev–Trinajstić information content (AvgIpc) is 2.83. The summed E-state index contributed by atoms with van der Waals surface area (Å²) in [6.45, 7) is 3.70. The zero-order valence-corrected chi connectivity index (χ0v) is 18.3. The number of anilines is 1. The van der Waals surface area contributed by atoms with Crippen LogP contribution in [-0.4, -0.2) is 56.2 Å². The fraction of sp³-hybridized carbons (Fsp3) is 0.360. The van der Waals surface area contributed by atoms with Gasteiger partial charge in [0.2, 0.25) is 0 Å². The van der Waals surface area contributed by atoms with Gasteiger partial charge in [0, 0.05) is 31.2 Å². The summed E-state index contributed by atoms with van der Waals surface area (Å²) in [7, 11) is 0. The monoisotopic (exact) mass is 452 g/mol. The predicted octanol–water partition coefficient (Wildman–Crippen LogP) is 3.33. The van der Waals surface area contributed by atoms with Crippen molar-refractivity contribution in [1.29, 1.82) is 5.26 Å². The highest BCUT2D eigenvalue weighted by Crippen LogP contribution is 2.32. The lowest BCUT2D eigenvalue weighted by molar-refractivity contribution is -0.121. The number of amides is 1. The normalized spacial score (nSPS) is 17.1.